The number of rotatable bonds is 4. The summed E-state index contributed by atoms with van der Waals surface area (Å²) in [5.74, 6) is 0.541. The summed E-state index contributed by atoms with van der Waals surface area (Å²) in [5, 5.41) is 0. The zero-order valence-corrected chi connectivity index (χ0v) is 12.8. The van der Waals surface area contributed by atoms with E-state index in [1.54, 1.807) is 24.6 Å². The summed E-state index contributed by atoms with van der Waals surface area (Å²) < 4.78 is 22.2. The van der Waals surface area contributed by atoms with Gasteiger partial charge in [-0.05, 0) is 43.3 Å². The molecule has 0 bridgehead atoms. The van der Waals surface area contributed by atoms with Crippen LogP contribution >= 0.6 is 0 Å². The molecule has 0 fully saturated rings. The summed E-state index contributed by atoms with van der Waals surface area (Å²) in [4.78, 5) is 4.91. The van der Waals surface area contributed by atoms with Crippen molar-refractivity contribution in [1.29, 1.82) is 0 Å². The van der Waals surface area contributed by atoms with E-state index in [0.29, 0.717) is 22.1 Å². The second-order valence-corrected chi connectivity index (χ2v) is 5.85. The third-order valence-corrected chi connectivity index (χ3v) is 4.08. The summed E-state index contributed by atoms with van der Waals surface area (Å²) in [6.45, 7) is 1.98. The first-order valence-electron chi connectivity index (χ1n) is 6.76. The zero-order chi connectivity index (χ0) is 15.4. The molecule has 2 aromatic heterocycles. The van der Waals surface area contributed by atoms with Crippen LogP contribution in [0.4, 0.5) is 0 Å². The highest BCUT2D eigenvalue weighted by Gasteiger charge is 2.13. The Morgan fingerprint density at radius 3 is 2.55 bits per heavy atom. The second-order valence-electron chi connectivity index (χ2n) is 4.69. The fourth-order valence-corrected chi connectivity index (χ4v) is 2.75. The van der Waals surface area contributed by atoms with Crippen LogP contribution in [0.5, 0.6) is 0 Å². The molecule has 0 amide bonds. The zero-order valence-electron chi connectivity index (χ0n) is 12.0. The molecule has 1 aromatic carbocycles. The molecule has 2 heterocycles. The van der Waals surface area contributed by atoms with Crippen LogP contribution in [0.2, 0.25) is 0 Å². The molecule has 0 spiro atoms. The Kier molecular flexibility index (Phi) is 4.25. The van der Waals surface area contributed by atoms with Crippen LogP contribution in [0.25, 0.3) is 0 Å². The largest absolute Gasteiger partial charge is 0.463 e. The summed E-state index contributed by atoms with van der Waals surface area (Å²) >= 11 is 0. The molecule has 22 heavy (non-hydrogen) atoms. The van der Waals surface area contributed by atoms with Crippen LogP contribution in [0.1, 0.15) is 17.0 Å². The fourth-order valence-electron chi connectivity index (χ4n) is 1.92. The van der Waals surface area contributed by atoms with Crippen molar-refractivity contribution in [2.24, 2.45) is 4.40 Å². The molecule has 5 heteroatoms. The van der Waals surface area contributed by atoms with Crippen LogP contribution < -0.4 is 0 Å². The second kappa shape index (κ2) is 6.49. The first kappa shape index (κ1) is 14.4. The van der Waals surface area contributed by atoms with Gasteiger partial charge in [-0.25, -0.2) is 4.21 Å². The standard InChI is InChI=1S/C17H14N2O2S/c1-13-7-9-14(10-8-13)22(20)19-17(16-6-4-12-21-16)15-5-2-3-11-18-15/h2-12H,1H3/b19-17-. The molecule has 4 nitrogen and oxygen atoms in total. The van der Waals surface area contributed by atoms with Gasteiger partial charge in [0.25, 0.3) is 0 Å². The Labute approximate surface area is 131 Å². The minimum Gasteiger partial charge on any atom is -0.463 e. The van der Waals surface area contributed by atoms with Gasteiger partial charge in [0.2, 0.25) is 0 Å². The molecule has 0 radical (unpaired) electrons. The van der Waals surface area contributed by atoms with E-state index in [1.165, 1.54) is 0 Å². The van der Waals surface area contributed by atoms with Crippen molar-refractivity contribution in [3.8, 4) is 0 Å². The Hall–Kier alpha value is -2.53. The van der Waals surface area contributed by atoms with Crippen molar-refractivity contribution >= 4 is 16.7 Å². The Morgan fingerprint density at radius 2 is 1.91 bits per heavy atom. The molecule has 0 N–H and O–H groups in total. The van der Waals surface area contributed by atoms with Crippen molar-refractivity contribution in [1.82, 2.24) is 4.98 Å². The molecule has 1 unspecified atom stereocenters. The molecule has 110 valence electrons. The first-order chi connectivity index (χ1) is 10.7. The average Bonchev–Trinajstić information content (AvgIpc) is 3.08. The lowest BCUT2D eigenvalue weighted by atomic mass is 10.2. The molecule has 3 aromatic rings. The maximum absolute atomic E-state index is 12.5. The van der Waals surface area contributed by atoms with Crippen molar-refractivity contribution < 1.29 is 8.63 Å². The lowest BCUT2D eigenvalue weighted by molar-refractivity contribution is 0.558. The third kappa shape index (κ3) is 3.20. The molecule has 3 rings (SSSR count). The van der Waals surface area contributed by atoms with Gasteiger partial charge in [-0.3, -0.25) is 4.98 Å². The molecule has 1 atom stereocenters. The number of nitrogens with zero attached hydrogens (tertiary/aromatic N) is 2. The van der Waals surface area contributed by atoms with Gasteiger partial charge in [0.05, 0.1) is 16.9 Å². The van der Waals surface area contributed by atoms with Gasteiger partial charge >= 0.3 is 0 Å². The minimum atomic E-state index is -1.52. The Bertz CT molecular complexity index is 794. The fraction of sp³-hybridized carbons (Fsp3) is 0.0588. The molecule has 0 aliphatic rings. The SMILES string of the molecule is Cc1ccc(S(=O)/N=C(/c2ccccn2)c2ccco2)cc1. The Morgan fingerprint density at radius 1 is 1.09 bits per heavy atom. The van der Waals surface area contributed by atoms with E-state index in [1.807, 2.05) is 49.4 Å². The predicted octanol–water partition coefficient (Wildman–Crippen LogP) is 3.54. The van der Waals surface area contributed by atoms with Gasteiger partial charge in [0.15, 0.2) is 16.7 Å². The summed E-state index contributed by atoms with van der Waals surface area (Å²) in [6.07, 6.45) is 3.23. The molecule has 0 aliphatic carbocycles. The summed E-state index contributed by atoms with van der Waals surface area (Å²) in [7, 11) is -1.52. The van der Waals surface area contributed by atoms with Gasteiger partial charge in [-0.1, -0.05) is 23.8 Å². The van der Waals surface area contributed by atoms with E-state index >= 15 is 0 Å². The normalized spacial score (nSPS) is 13.0. The minimum absolute atomic E-state index is 0.476. The molecule has 0 saturated heterocycles. The van der Waals surface area contributed by atoms with Crippen molar-refractivity contribution in [3.05, 3.63) is 84.1 Å². The van der Waals surface area contributed by atoms with E-state index < -0.39 is 11.0 Å². The van der Waals surface area contributed by atoms with E-state index in [9.17, 15) is 4.21 Å². The summed E-state index contributed by atoms with van der Waals surface area (Å²) in [6, 6.07) is 16.5. The third-order valence-electron chi connectivity index (χ3n) is 3.06. The average molecular weight is 310 g/mol. The van der Waals surface area contributed by atoms with Crippen molar-refractivity contribution in [2.75, 3.05) is 0 Å². The molecule has 0 aliphatic heterocycles. The number of hydrogen-bond acceptors (Lipinski definition) is 3. The van der Waals surface area contributed by atoms with Crippen molar-refractivity contribution in [2.45, 2.75) is 11.8 Å². The highest BCUT2D eigenvalue weighted by molar-refractivity contribution is 7.84. The summed E-state index contributed by atoms with van der Waals surface area (Å²) in [5.41, 5.74) is 2.21. The van der Waals surface area contributed by atoms with E-state index in [0.717, 1.165) is 5.56 Å². The van der Waals surface area contributed by atoms with Gasteiger partial charge < -0.3 is 4.42 Å². The number of aromatic nitrogens is 1. The van der Waals surface area contributed by atoms with E-state index in [-0.39, 0.29) is 0 Å². The van der Waals surface area contributed by atoms with Crippen LogP contribution in [0.15, 0.2) is 80.8 Å². The van der Waals surface area contributed by atoms with Gasteiger partial charge in [-0.2, -0.15) is 4.40 Å². The monoisotopic (exact) mass is 310 g/mol. The molecule has 0 saturated carbocycles. The smallest absolute Gasteiger partial charge is 0.173 e. The maximum atomic E-state index is 12.5. The molecular formula is C17H14N2O2S. The first-order valence-corrected chi connectivity index (χ1v) is 7.87. The van der Waals surface area contributed by atoms with Gasteiger partial charge in [0, 0.05) is 6.20 Å². The Balaban J connectivity index is 2.02. The van der Waals surface area contributed by atoms with E-state index in [4.69, 9.17) is 4.42 Å². The van der Waals surface area contributed by atoms with Crippen molar-refractivity contribution in [3.63, 3.8) is 0 Å². The van der Waals surface area contributed by atoms with Crippen LogP contribution in [-0.4, -0.2) is 14.9 Å². The highest BCUT2D eigenvalue weighted by Crippen LogP contribution is 2.15. The lowest BCUT2D eigenvalue weighted by Gasteiger charge is -2.03. The van der Waals surface area contributed by atoms with Gasteiger partial charge in [0.1, 0.15) is 5.71 Å². The molecular weight excluding hydrogens is 296 g/mol. The topological polar surface area (TPSA) is 55.5 Å². The number of pyridine rings is 1. The quantitative estimate of drug-likeness (QED) is 0.693. The maximum Gasteiger partial charge on any atom is 0.173 e. The predicted molar refractivity (Wildman–Crippen MR) is 86.2 cm³/mol. The number of benzene rings is 1. The highest BCUT2D eigenvalue weighted by atomic mass is 32.2. The number of aryl methyl sites for hydroxylation is 1. The number of furan rings is 1. The lowest BCUT2D eigenvalue weighted by Crippen LogP contribution is -2.06. The van der Waals surface area contributed by atoms with Gasteiger partial charge in [-0.15, -0.1) is 0 Å². The van der Waals surface area contributed by atoms with Crippen LogP contribution in [0, 0.1) is 6.92 Å². The van der Waals surface area contributed by atoms with Crippen LogP contribution in [-0.2, 0) is 11.0 Å². The number of hydrogen-bond donors (Lipinski definition) is 0. The van der Waals surface area contributed by atoms with E-state index in [2.05, 4.69) is 9.38 Å². The van der Waals surface area contributed by atoms with Crippen LogP contribution in [0.3, 0.4) is 0 Å².